The topological polar surface area (TPSA) is 93.9 Å². The van der Waals surface area contributed by atoms with Crippen LogP contribution in [-0.4, -0.2) is 42.3 Å². The quantitative estimate of drug-likeness (QED) is 0.791. The van der Waals surface area contributed by atoms with Gasteiger partial charge in [0.25, 0.3) is 0 Å². The first-order valence-corrected chi connectivity index (χ1v) is 9.89. The fourth-order valence-electron chi connectivity index (χ4n) is 4.57. The molecule has 1 N–H and O–H groups in total. The third kappa shape index (κ3) is 4.39. The largest absolute Gasteiger partial charge is 0.453 e. The molecular weight excluding hydrogens is 393 g/mol. The maximum atomic E-state index is 14.5. The van der Waals surface area contributed by atoms with Crippen LogP contribution in [0.3, 0.4) is 0 Å². The number of aromatic nitrogens is 1. The van der Waals surface area contributed by atoms with Crippen LogP contribution in [0.15, 0.2) is 35.2 Å². The molecule has 2 aromatic rings. The predicted molar refractivity (Wildman–Crippen MR) is 104 cm³/mol. The highest BCUT2D eigenvalue weighted by atomic mass is 19.1. The van der Waals surface area contributed by atoms with Gasteiger partial charge < -0.3 is 18.8 Å². The lowest BCUT2D eigenvalue weighted by molar-refractivity contribution is 0.0595. The maximum absolute atomic E-state index is 14.5. The van der Waals surface area contributed by atoms with Crippen molar-refractivity contribution in [1.29, 1.82) is 0 Å². The Labute approximate surface area is 173 Å². The van der Waals surface area contributed by atoms with E-state index in [1.165, 1.54) is 25.8 Å². The molecule has 0 bridgehead atoms. The van der Waals surface area contributed by atoms with E-state index >= 15 is 0 Å². The molecule has 2 aliphatic rings. The van der Waals surface area contributed by atoms with Crippen LogP contribution in [0.5, 0.6) is 0 Å². The van der Waals surface area contributed by atoms with E-state index in [-0.39, 0.29) is 23.9 Å². The van der Waals surface area contributed by atoms with E-state index in [1.807, 2.05) is 0 Å². The summed E-state index contributed by atoms with van der Waals surface area (Å²) in [5.74, 6) is 0.455. The molecule has 0 unspecified atom stereocenters. The van der Waals surface area contributed by atoms with Crippen LogP contribution in [0.25, 0.3) is 0 Å². The molecule has 1 saturated carbocycles. The highest BCUT2D eigenvalue weighted by Gasteiger charge is 2.49. The number of rotatable bonds is 5. The third-order valence-corrected chi connectivity index (χ3v) is 5.95. The average Bonchev–Trinajstić information content (AvgIpc) is 3.37. The molecule has 2 amide bonds. The number of hydrogen-bond acceptors (Lipinski definition) is 6. The number of nitrogens with one attached hydrogen (secondary N) is 1. The van der Waals surface area contributed by atoms with Gasteiger partial charge in [0, 0.05) is 18.8 Å². The van der Waals surface area contributed by atoms with Crippen LogP contribution in [-0.2, 0) is 22.5 Å². The number of oxazole rings is 1. The Balaban J connectivity index is 1.25. The Kier molecular flexibility index (Phi) is 5.61. The van der Waals surface area contributed by atoms with Crippen LogP contribution in [0, 0.1) is 17.2 Å². The molecule has 1 aromatic carbocycles. The van der Waals surface area contributed by atoms with E-state index in [2.05, 4.69) is 10.3 Å². The van der Waals surface area contributed by atoms with Crippen molar-refractivity contribution in [3.05, 3.63) is 47.9 Å². The molecular formula is C21H24FN3O5. The monoisotopic (exact) mass is 417 g/mol. The smallest absolute Gasteiger partial charge is 0.412 e. The molecule has 2 heterocycles. The number of likely N-dealkylation sites (tertiary alicyclic amines) is 1. The zero-order chi connectivity index (χ0) is 21.1. The molecule has 4 rings (SSSR count). The molecule has 1 aliphatic carbocycles. The van der Waals surface area contributed by atoms with Gasteiger partial charge in [0.2, 0.25) is 0 Å². The Morgan fingerprint density at radius 1 is 1.40 bits per heavy atom. The summed E-state index contributed by atoms with van der Waals surface area (Å²) < 4.78 is 29.3. The van der Waals surface area contributed by atoms with Gasteiger partial charge in [-0.25, -0.2) is 19.0 Å². The summed E-state index contributed by atoms with van der Waals surface area (Å²) >= 11 is 0. The molecule has 1 spiro atoms. The third-order valence-electron chi connectivity index (χ3n) is 5.95. The number of carbonyl (C=O) groups is 2. The van der Waals surface area contributed by atoms with Crippen LogP contribution >= 0.6 is 0 Å². The van der Waals surface area contributed by atoms with Crippen molar-refractivity contribution < 1.29 is 27.9 Å². The van der Waals surface area contributed by atoms with Gasteiger partial charge >= 0.3 is 12.2 Å². The number of carbonyl (C=O) groups excluding carboxylic acids is 2. The van der Waals surface area contributed by atoms with Gasteiger partial charge in [0.1, 0.15) is 5.82 Å². The molecule has 8 nitrogen and oxygen atoms in total. The van der Waals surface area contributed by atoms with Crippen molar-refractivity contribution >= 4 is 17.9 Å². The standard InChI is InChI=1S/C21H24FN3O5/c1-28-20(27)25-5-4-21(12-25)8-14(9-21)6-15-2-3-16(7-18(15)22)24-19(26)29-11-17-10-23-13-30-17/h2-3,7,10,13-14H,4-6,8-9,11-12H2,1H3,(H,24,26). The van der Waals surface area contributed by atoms with Crippen molar-refractivity contribution in [3.63, 3.8) is 0 Å². The second-order valence-corrected chi connectivity index (χ2v) is 8.10. The SMILES string of the molecule is COC(=O)N1CCC2(CC(Cc3ccc(NC(=O)OCc4cnco4)cc3F)C2)C1. The molecule has 0 atom stereocenters. The van der Waals surface area contributed by atoms with Gasteiger partial charge in [-0.3, -0.25) is 5.32 Å². The summed E-state index contributed by atoms with van der Waals surface area (Å²) in [6.45, 7) is 1.39. The number of amides is 2. The summed E-state index contributed by atoms with van der Waals surface area (Å²) in [5, 5.41) is 2.50. The second-order valence-electron chi connectivity index (χ2n) is 8.10. The lowest BCUT2D eigenvalue weighted by Crippen LogP contribution is -2.41. The van der Waals surface area contributed by atoms with Crippen LogP contribution in [0.4, 0.5) is 19.7 Å². The van der Waals surface area contributed by atoms with E-state index in [9.17, 15) is 14.0 Å². The van der Waals surface area contributed by atoms with Crippen molar-refractivity contribution in [2.75, 3.05) is 25.5 Å². The minimum absolute atomic E-state index is 0.0523. The van der Waals surface area contributed by atoms with Crippen molar-refractivity contribution in [1.82, 2.24) is 9.88 Å². The van der Waals surface area contributed by atoms with Gasteiger partial charge in [-0.1, -0.05) is 6.07 Å². The first-order valence-electron chi connectivity index (χ1n) is 9.89. The van der Waals surface area contributed by atoms with Crippen molar-refractivity contribution in [3.8, 4) is 0 Å². The fourth-order valence-corrected chi connectivity index (χ4v) is 4.57. The number of anilines is 1. The molecule has 2 fully saturated rings. The summed E-state index contributed by atoms with van der Waals surface area (Å²) in [4.78, 5) is 29.0. The first-order chi connectivity index (χ1) is 14.5. The van der Waals surface area contributed by atoms with E-state index in [4.69, 9.17) is 13.9 Å². The molecule has 30 heavy (non-hydrogen) atoms. The molecule has 1 aliphatic heterocycles. The highest BCUT2D eigenvalue weighted by molar-refractivity contribution is 5.84. The normalized spacial score (nSPS) is 22.6. The second kappa shape index (κ2) is 8.33. The average molecular weight is 417 g/mol. The minimum atomic E-state index is -0.698. The van der Waals surface area contributed by atoms with E-state index < -0.39 is 6.09 Å². The van der Waals surface area contributed by atoms with E-state index in [0.29, 0.717) is 29.3 Å². The van der Waals surface area contributed by atoms with Gasteiger partial charge in [0.15, 0.2) is 18.8 Å². The zero-order valence-corrected chi connectivity index (χ0v) is 16.7. The van der Waals surface area contributed by atoms with Crippen LogP contribution in [0.1, 0.15) is 30.6 Å². The van der Waals surface area contributed by atoms with Crippen molar-refractivity contribution in [2.45, 2.75) is 32.3 Å². The van der Waals surface area contributed by atoms with Crippen LogP contribution < -0.4 is 5.32 Å². The van der Waals surface area contributed by atoms with Crippen molar-refractivity contribution in [2.24, 2.45) is 11.3 Å². The minimum Gasteiger partial charge on any atom is -0.453 e. The summed E-state index contributed by atoms with van der Waals surface area (Å²) in [6.07, 6.45) is 5.30. The Hall–Kier alpha value is -3.10. The lowest BCUT2D eigenvalue weighted by atomic mass is 9.60. The predicted octanol–water partition coefficient (Wildman–Crippen LogP) is 3.97. The number of methoxy groups -OCH3 is 1. The molecule has 9 heteroatoms. The van der Waals surface area contributed by atoms with Gasteiger partial charge in [-0.15, -0.1) is 0 Å². The molecule has 160 valence electrons. The van der Waals surface area contributed by atoms with Crippen LogP contribution in [0.2, 0.25) is 0 Å². The number of halogens is 1. The Bertz CT molecular complexity index is 911. The van der Waals surface area contributed by atoms with Gasteiger partial charge in [-0.2, -0.15) is 0 Å². The van der Waals surface area contributed by atoms with Gasteiger partial charge in [-0.05, 0) is 54.7 Å². The van der Waals surface area contributed by atoms with E-state index in [1.54, 1.807) is 17.0 Å². The summed E-state index contributed by atoms with van der Waals surface area (Å²) in [7, 11) is 1.40. The maximum Gasteiger partial charge on any atom is 0.412 e. The van der Waals surface area contributed by atoms with E-state index in [0.717, 1.165) is 32.4 Å². The lowest BCUT2D eigenvalue weighted by Gasteiger charge is -2.45. The van der Waals surface area contributed by atoms with Gasteiger partial charge in [0.05, 0.1) is 13.3 Å². The zero-order valence-electron chi connectivity index (χ0n) is 16.7. The molecule has 1 saturated heterocycles. The summed E-state index contributed by atoms with van der Waals surface area (Å²) in [6, 6.07) is 4.66. The number of hydrogen-bond donors (Lipinski definition) is 1. The fraction of sp³-hybridized carbons (Fsp3) is 0.476. The first kappa shape index (κ1) is 20.2. The Morgan fingerprint density at radius 2 is 2.23 bits per heavy atom. The summed E-state index contributed by atoms with van der Waals surface area (Å²) in [5.41, 5.74) is 1.11. The Morgan fingerprint density at radius 3 is 2.93 bits per heavy atom. The number of nitrogens with zero attached hydrogens (tertiary/aromatic N) is 2. The highest BCUT2D eigenvalue weighted by Crippen LogP contribution is 2.52. The molecule has 1 aromatic heterocycles. The number of benzene rings is 1. The number of ether oxygens (including phenoxy) is 2. The molecule has 0 radical (unpaired) electrons.